The van der Waals surface area contributed by atoms with E-state index in [0.717, 1.165) is 0 Å². The van der Waals surface area contributed by atoms with Crippen molar-refractivity contribution >= 4 is 118 Å². The van der Waals surface area contributed by atoms with Crippen LogP contribution in [0.3, 0.4) is 0 Å². The Morgan fingerprint density at radius 2 is 1.16 bits per heavy atom. The second kappa shape index (κ2) is 6.55. The molecule has 0 unspecified atom stereocenters. The molecule has 0 fully saturated rings. The van der Waals surface area contributed by atoms with Crippen LogP contribution in [0.2, 0.25) is 20.1 Å². The van der Waals surface area contributed by atoms with E-state index in [1.807, 2.05) is 0 Å². The fourth-order valence-electron chi connectivity index (χ4n) is 3.10. The van der Waals surface area contributed by atoms with Gasteiger partial charge >= 0.3 is 29.6 Å². The van der Waals surface area contributed by atoms with E-state index in [4.69, 9.17) is 46.4 Å². The average molecular weight is 444 g/mol. The van der Waals surface area contributed by atoms with Gasteiger partial charge in [-0.15, -0.1) is 0 Å². The molecule has 0 heterocycles. The monoisotopic (exact) mass is 442 g/mol. The second-order valence-electron chi connectivity index (χ2n) is 5.36. The molecule has 0 aliphatic heterocycles. The summed E-state index contributed by atoms with van der Waals surface area (Å²) in [4.78, 5) is -0.321. The molecule has 0 atom stereocenters. The van der Waals surface area contributed by atoms with Crippen molar-refractivity contribution in [3.05, 3.63) is 50.4 Å². The van der Waals surface area contributed by atoms with E-state index in [0.29, 0.717) is 37.0 Å². The molecule has 1 N–H and O–H groups in total. The van der Waals surface area contributed by atoms with Crippen molar-refractivity contribution in [2.24, 2.45) is 0 Å². The minimum absolute atomic E-state index is 0. The fraction of sp³-hybridized carbons (Fsp3) is 0. The first kappa shape index (κ1) is 19.7. The first-order valence-corrected chi connectivity index (χ1v) is 9.57. The molecule has 4 aromatic rings. The van der Waals surface area contributed by atoms with E-state index in [1.165, 1.54) is 18.2 Å². The normalized spacial score (nSPS) is 12.2. The van der Waals surface area contributed by atoms with Gasteiger partial charge in [0.05, 0.1) is 5.02 Å². The summed E-state index contributed by atoms with van der Waals surface area (Å²) in [6, 6.07) is 7.80. The van der Waals surface area contributed by atoms with Crippen molar-refractivity contribution in [1.29, 1.82) is 0 Å². The quantitative estimate of drug-likeness (QED) is 0.230. The Hall–Kier alpha value is -0.0100. The molecular weight excluding hydrogens is 437 g/mol. The molecule has 9 heteroatoms. The van der Waals surface area contributed by atoms with E-state index >= 15 is 0 Å². The number of benzene rings is 4. The SMILES string of the molecule is O=S(=O)(O)c1cc2c(Cl)cc(Cl)c3ccc4c(Cl)cc(Cl)c1c4c32.[NaH]. The van der Waals surface area contributed by atoms with Crippen LogP contribution in [0.4, 0.5) is 0 Å². The van der Waals surface area contributed by atoms with Gasteiger partial charge in [-0.2, -0.15) is 8.42 Å². The van der Waals surface area contributed by atoms with Crippen molar-refractivity contribution in [1.82, 2.24) is 0 Å². The van der Waals surface area contributed by atoms with E-state index in [-0.39, 0.29) is 49.9 Å². The third kappa shape index (κ3) is 2.92. The maximum atomic E-state index is 11.9. The molecule has 124 valence electrons. The first-order chi connectivity index (χ1) is 11.2. The molecule has 3 nitrogen and oxygen atoms in total. The van der Waals surface area contributed by atoms with Gasteiger partial charge < -0.3 is 0 Å². The summed E-state index contributed by atoms with van der Waals surface area (Å²) < 4.78 is 33.5. The summed E-state index contributed by atoms with van der Waals surface area (Å²) in [7, 11) is -4.53. The minimum atomic E-state index is -4.53. The standard InChI is InChI=1S/C16H6Cl4O3S.Na.H/c17-9-4-11(19)8-3-13(24(21,22)23)16-12(20)5-10(18)7-2-1-6(9)14(8)15(7)16;;/h1-5H,(H,21,22,23);;. The van der Waals surface area contributed by atoms with Crippen LogP contribution in [-0.2, 0) is 10.1 Å². The summed E-state index contributed by atoms with van der Waals surface area (Å²) in [5.41, 5.74) is 0. The average Bonchev–Trinajstić information content (AvgIpc) is 2.48. The van der Waals surface area contributed by atoms with Crippen molar-refractivity contribution in [3.63, 3.8) is 0 Å². The van der Waals surface area contributed by atoms with Crippen LogP contribution in [0, 0.1) is 0 Å². The van der Waals surface area contributed by atoms with Crippen molar-refractivity contribution in [3.8, 4) is 0 Å². The molecule has 0 bridgehead atoms. The van der Waals surface area contributed by atoms with Crippen LogP contribution in [0.5, 0.6) is 0 Å². The number of halogens is 4. The van der Waals surface area contributed by atoms with Gasteiger partial charge in [0.25, 0.3) is 10.1 Å². The predicted molar refractivity (Wildman–Crippen MR) is 107 cm³/mol. The fourth-order valence-corrected chi connectivity index (χ4v) is 5.10. The maximum absolute atomic E-state index is 11.9. The predicted octanol–water partition coefficient (Wildman–Crippen LogP) is 5.80. The summed E-state index contributed by atoms with van der Waals surface area (Å²) in [6.45, 7) is 0. The van der Waals surface area contributed by atoms with Crippen molar-refractivity contribution < 1.29 is 13.0 Å². The molecule has 25 heavy (non-hydrogen) atoms. The van der Waals surface area contributed by atoms with Gasteiger partial charge in [-0.25, -0.2) is 0 Å². The molecule has 0 spiro atoms. The zero-order valence-corrected chi connectivity index (χ0v) is 15.4. The first-order valence-electron chi connectivity index (χ1n) is 6.62. The molecule has 0 aromatic heterocycles. The summed E-state index contributed by atoms with van der Waals surface area (Å²) >= 11 is 25.1. The van der Waals surface area contributed by atoms with Crippen LogP contribution in [0.25, 0.3) is 32.3 Å². The van der Waals surface area contributed by atoms with Crippen LogP contribution in [0.1, 0.15) is 0 Å². The van der Waals surface area contributed by atoms with Crippen molar-refractivity contribution in [2.75, 3.05) is 0 Å². The Bertz CT molecular complexity index is 1270. The Morgan fingerprint density at radius 3 is 1.72 bits per heavy atom. The number of hydrogen-bond acceptors (Lipinski definition) is 2. The number of hydrogen-bond donors (Lipinski definition) is 1. The Morgan fingerprint density at radius 1 is 0.680 bits per heavy atom. The van der Waals surface area contributed by atoms with Gasteiger partial charge in [-0.3, -0.25) is 4.55 Å². The van der Waals surface area contributed by atoms with E-state index in [2.05, 4.69) is 0 Å². The third-order valence-corrected chi connectivity index (χ3v) is 6.16. The molecule has 4 rings (SSSR count). The van der Waals surface area contributed by atoms with Gasteiger partial charge in [0.15, 0.2) is 0 Å². The van der Waals surface area contributed by atoms with Crippen LogP contribution in [0.15, 0.2) is 35.2 Å². The molecule has 0 aliphatic carbocycles. The molecule has 0 amide bonds. The molecular formula is C16H7Cl4NaO3S. The number of rotatable bonds is 1. The van der Waals surface area contributed by atoms with Crippen LogP contribution < -0.4 is 0 Å². The van der Waals surface area contributed by atoms with Gasteiger partial charge in [0.2, 0.25) is 0 Å². The Balaban J connectivity index is 0.00000182. The Labute approximate surface area is 185 Å². The summed E-state index contributed by atoms with van der Waals surface area (Å²) in [5, 5.41) is 4.23. The third-order valence-electron chi connectivity index (χ3n) is 4.04. The molecule has 0 radical (unpaired) electrons. The van der Waals surface area contributed by atoms with Gasteiger partial charge in [-0.1, -0.05) is 58.5 Å². The van der Waals surface area contributed by atoms with E-state index in [1.54, 1.807) is 12.1 Å². The Kier molecular flexibility index (Phi) is 5.17. The van der Waals surface area contributed by atoms with Crippen LogP contribution in [-0.4, -0.2) is 42.5 Å². The molecule has 4 aromatic carbocycles. The van der Waals surface area contributed by atoms with E-state index < -0.39 is 10.1 Å². The molecule has 0 saturated heterocycles. The zero-order chi connectivity index (χ0) is 17.4. The van der Waals surface area contributed by atoms with Crippen LogP contribution >= 0.6 is 46.4 Å². The topological polar surface area (TPSA) is 54.4 Å². The van der Waals surface area contributed by atoms with Gasteiger partial charge in [-0.05, 0) is 18.2 Å². The van der Waals surface area contributed by atoms with E-state index in [9.17, 15) is 13.0 Å². The summed E-state index contributed by atoms with van der Waals surface area (Å²) in [6.07, 6.45) is 0. The zero-order valence-electron chi connectivity index (χ0n) is 11.6. The summed E-state index contributed by atoms with van der Waals surface area (Å²) in [5.74, 6) is 0. The van der Waals surface area contributed by atoms with Gasteiger partial charge in [0.1, 0.15) is 4.90 Å². The molecule has 0 aliphatic rings. The second-order valence-corrected chi connectivity index (χ2v) is 8.38. The van der Waals surface area contributed by atoms with Crippen molar-refractivity contribution in [2.45, 2.75) is 4.90 Å². The van der Waals surface area contributed by atoms with Gasteiger partial charge in [0, 0.05) is 47.4 Å². The molecule has 0 saturated carbocycles.